The normalized spacial score (nSPS) is 10.4. The lowest BCUT2D eigenvalue weighted by molar-refractivity contribution is 0.661. The van der Waals surface area contributed by atoms with Crippen LogP contribution in [-0.2, 0) is 6.54 Å². The number of nitrogens with one attached hydrogen (secondary N) is 2. The molecule has 100 valence electrons. The fourth-order valence-electron chi connectivity index (χ4n) is 1.66. The molecule has 0 spiro atoms. The van der Waals surface area contributed by atoms with Crippen molar-refractivity contribution in [2.75, 3.05) is 18.4 Å². The molecule has 2 aromatic heterocycles. The van der Waals surface area contributed by atoms with E-state index in [1.165, 1.54) is 5.56 Å². The van der Waals surface area contributed by atoms with E-state index in [0.717, 1.165) is 37.6 Å². The van der Waals surface area contributed by atoms with Crippen LogP contribution < -0.4 is 10.6 Å². The maximum Gasteiger partial charge on any atom is 0.148 e. The highest BCUT2D eigenvalue weighted by Crippen LogP contribution is 2.00. The van der Waals surface area contributed by atoms with Crippen LogP contribution in [0.15, 0.2) is 36.7 Å². The monoisotopic (exact) mass is 257 g/mol. The predicted molar refractivity (Wildman–Crippen MR) is 75.8 cm³/mol. The minimum Gasteiger partial charge on any atom is -0.369 e. The molecule has 0 fully saturated rings. The zero-order chi connectivity index (χ0) is 13.3. The zero-order valence-electron chi connectivity index (χ0n) is 11.1. The highest BCUT2D eigenvalue weighted by molar-refractivity contribution is 5.32. The summed E-state index contributed by atoms with van der Waals surface area (Å²) in [4.78, 5) is 4.08. The molecule has 0 saturated heterocycles. The van der Waals surface area contributed by atoms with E-state index in [1.807, 2.05) is 31.3 Å². The Labute approximate surface area is 113 Å². The van der Waals surface area contributed by atoms with E-state index >= 15 is 0 Å². The largest absolute Gasteiger partial charge is 0.369 e. The number of rotatable bonds is 7. The Morgan fingerprint density at radius 2 is 2.05 bits per heavy atom. The van der Waals surface area contributed by atoms with Crippen LogP contribution in [0.5, 0.6) is 0 Å². The summed E-state index contributed by atoms with van der Waals surface area (Å²) in [6, 6.07) is 7.93. The lowest BCUT2D eigenvalue weighted by Crippen LogP contribution is -2.18. The third-order valence-corrected chi connectivity index (χ3v) is 2.69. The number of hydrogen-bond donors (Lipinski definition) is 2. The Morgan fingerprint density at radius 3 is 2.79 bits per heavy atom. The van der Waals surface area contributed by atoms with Crippen LogP contribution in [0.1, 0.15) is 17.7 Å². The number of pyridine rings is 1. The van der Waals surface area contributed by atoms with Crippen LogP contribution in [0, 0.1) is 6.92 Å². The van der Waals surface area contributed by atoms with Crippen molar-refractivity contribution < 1.29 is 0 Å². The summed E-state index contributed by atoms with van der Waals surface area (Å²) in [6.07, 6.45) is 4.71. The van der Waals surface area contributed by atoms with Gasteiger partial charge in [0, 0.05) is 25.5 Å². The van der Waals surface area contributed by atoms with Gasteiger partial charge in [0.1, 0.15) is 5.82 Å². The van der Waals surface area contributed by atoms with Crippen LogP contribution in [0.2, 0.25) is 0 Å². The van der Waals surface area contributed by atoms with Gasteiger partial charge in [-0.2, -0.15) is 5.10 Å². The first-order chi connectivity index (χ1) is 9.34. The van der Waals surface area contributed by atoms with Gasteiger partial charge in [-0.3, -0.25) is 4.98 Å². The van der Waals surface area contributed by atoms with Gasteiger partial charge in [-0.1, -0.05) is 6.07 Å². The third-order valence-electron chi connectivity index (χ3n) is 2.69. The molecule has 0 radical (unpaired) electrons. The van der Waals surface area contributed by atoms with Crippen LogP contribution >= 0.6 is 0 Å². The SMILES string of the molecule is Cc1ccc(NCCCNCc2cccnc2)nn1. The molecule has 0 aliphatic rings. The molecule has 0 bridgehead atoms. The van der Waals surface area contributed by atoms with E-state index in [4.69, 9.17) is 0 Å². The molecule has 0 aromatic carbocycles. The van der Waals surface area contributed by atoms with Gasteiger partial charge in [0.15, 0.2) is 0 Å². The summed E-state index contributed by atoms with van der Waals surface area (Å²) in [7, 11) is 0. The summed E-state index contributed by atoms with van der Waals surface area (Å²) in [5.41, 5.74) is 2.14. The lowest BCUT2D eigenvalue weighted by atomic mass is 10.3. The van der Waals surface area contributed by atoms with E-state index in [1.54, 1.807) is 6.20 Å². The molecule has 2 aromatic rings. The second-order valence-corrected chi connectivity index (χ2v) is 4.38. The quantitative estimate of drug-likeness (QED) is 0.740. The number of hydrogen-bond acceptors (Lipinski definition) is 5. The predicted octanol–water partition coefficient (Wildman–Crippen LogP) is 1.77. The molecule has 0 amide bonds. The first-order valence-electron chi connectivity index (χ1n) is 6.48. The molecule has 5 heteroatoms. The number of aromatic nitrogens is 3. The maximum atomic E-state index is 4.08. The molecule has 19 heavy (non-hydrogen) atoms. The average molecular weight is 257 g/mol. The summed E-state index contributed by atoms with van der Waals surface area (Å²) < 4.78 is 0. The Morgan fingerprint density at radius 1 is 1.11 bits per heavy atom. The van der Waals surface area contributed by atoms with Gasteiger partial charge in [0.05, 0.1) is 5.69 Å². The summed E-state index contributed by atoms with van der Waals surface area (Å²) >= 11 is 0. The van der Waals surface area contributed by atoms with E-state index in [9.17, 15) is 0 Å². The molecule has 0 saturated carbocycles. The standard InChI is InChI=1S/C14H19N5/c1-12-5-6-14(19-18-12)17-9-3-8-16-11-13-4-2-7-15-10-13/h2,4-7,10,16H,3,8-9,11H2,1H3,(H,17,19). The molecule has 0 atom stereocenters. The molecule has 2 heterocycles. The summed E-state index contributed by atoms with van der Waals surface area (Å²) in [5, 5.41) is 14.7. The van der Waals surface area contributed by atoms with Gasteiger partial charge >= 0.3 is 0 Å². The Kier molecular flexibility index (Phi) is 5.25. The van der Waals surface area contributed by atoms with Gasteiger partial charge in [0.25, 0.3) is 0 Å². The van der Waals surface area contributed by atoms with Gasteiger partial charge in [-0.25, -0.2) is 0 Å². The van der Waals surface area contributed by atoms with Crippen LogP contribution in [0.25, 0.3) is 0 Å². The van der Waals surface area contributed by atoms with E-state index in [2.05, 4.69) is 31.9 Å². The molecule has 2 N–H and O–H groups in total. The molecule has 0 aliphatic heterocycles. The van der Waals surface area contributed by atoms with Crippen molar-refractivity contribution in [3.05, 3.63) is 47.9 Å². The Balaban J connectivity index is 1.56. The highest BCUT2D eigenvalue weighted by atomic mass is 15.2. The molecule has 5 nitrogen and oxygen atoms in total. The van der Waals surface area contributed by atoms with E-state index in [0.29, 0.717) is 0 Å². The number of nitrogens with zero attached hydrogens (tertiary/aromatic N) is 3. The van der Waals surface area contributed by atoms with E-state index in [-0.39, 0.29) is 0 Å². The number of anilines is 1. The zero-order valence-corrected chi connectivity index (χ0v) is 11.1. The Bertz CT molecular complexity index is 469. The second kappa shape index (κ2) is 7.43. The van der Waals surface area contributed by atoms with Gasteiger partial charge < -0.3 is 10.6 Å². The smallest absolute Gasteiger partial charge is 0.148 e. The average Bonchev–Trinajstić information content (AvgIpc) is 2.46. The number of aryl methyl sites for hydroxylation is 1. The van der Waals surface area contributed by atoms with Gasteiger partial charge in [-0.15, -0.1) is 5.10 Å². The topological polar surface area (TPSA) is 62.7 Å². The summed E-state index contributed by atoms with van der Waals surface area (Å²) in [6.45, 7) is 4.64. The van der Waals surface area contributed by atoms with Crippen molar-refractivity contribution in [1.29, 1.82) is 0 Å². The fraction of sp³-hybridized carbons (Fsp3) is 0.357. The van der Waals surface area contributed by atoms with Crippen LogP contribution in [0.4, 0.5) is 5.82 Å². The van der Waals surface area contributed by atoms with Crippen LogP contribution in [0.3, 0.4) is 0 Å². The van der Waals surface area contributed by atoms with E-state index < -0.39 is 0 Å². The minimum atomic E-state index is 0.831. The highest BCUT2D eigenvalue weighted by Gasteiger charge is 1.94. The summed E-state index contributed by atoms with van der Waals surface area (Å²) in [5.74, 6) is 0.831. The fourth-order valence-corrected chi connectivity index (χ4v) is 1.66. The minimum absolute atomic E-state index is 0.831. The van der Waals surface area contributed by atoms with Crippen molar-refractivity contribution >= 4 is 5.82 Å². The van der Waals surface area contributed by atoms with Crippen molar-refractivity contribution in [3.8, 4) is 0 Å². The van der Waals surface area contributed by atoms with Crippen LogP contribution in [-0.4, -0.2) is 28.3 Å². The van der Waals surface area contributed by atoms with Gasteiger partial charge in [0.2, 0.25) is 0 Å². The van der Waals surface area contributed by atoms with Crippen molar-refractivity contribution in [1.82, 2.24) is 20.5 Å². The first-order valence-corrected chi connectivity index (χ1v) is 6.48. The van der Waals surface area contributed by atoms with Crippen molar-refractivity contribution in [3.63, 3.8) is 0 Å². The molecular formula is C14H19N5. The molecule has 0 unspecified atom stereocenters. The maximum absolute atomic E-state index is 4.08. The second-order valence-electron chi connectivity index (χ2n) is 4.38. The first kappa shape index (κ1) is 13.4. The molecule has 0 aliphatic carbocycles. The molecular weight excluding hydrogens is 238 g/mol. The van der Waals surface area contributed by atoms with Crippen molar-refractivity contribution in [2.45, 2.75) is 19.9 Å². The van der Waals surface area contributed by atoms with Crippen molar-refractivity contribution in [2.24, 2.45) is 0 Å². The Hall–Kier alpha value is -2.01. The molecule has 2 rings (SSSR count). The lowest BCUT2D eigenvalue weighted by Gasteiger charge is -2.06. The third kappa shape index (κ3) is 5.01. The van der Waals surface area contributed by atoms with Gasteiger partial charge in [-0.05, 0) is 43.7 Å².